The molecule has 1 aliphatic heterocycles. The summed E-state index contributed by atoms with van der Waals surface area (Å²) >= 11 is 0. The molecule has 0 radical (unpaired) electrons. The van der Waals surface area contributed by atoms with Crippen LogP contribution in [0.15, 0.2) is 30.3 Å². The predicted molar refractivity (Wildman–Crippen MR) is 107 cm³/mol. The lowest BCUT2D eigenvalue weighted by Crippen LogP contribution is -2.53. The van der Waals surface area contributed by atoms with E-state index in [2.05, 4.69) is 16.0 Å². The second kappa shape index (κ2) is 10.7. The SMILES string of the molecule is CS(=O)(=O)C[C@H](NC(=O)OCc1ccccc1)C(=O)N[C@H](C=O)C[C@@H]1CCNC1=O. The van der Waals surface area contributed by atoms with Crippen molar-refractivity contribution in [3.05, 3.63) is 35.9 Å². The number of hydrogen-bond donors (Lipinski definition) is 3. The summed E-state index contributed by atoms with van der Waals surface area (Å²) in [7, 11) is -3.64. The standard InChI is InChI=1S/C19H25N3O7S/c1-30(27,28)12-16(22-19(26)29-11-13-5-3-2-4-6-13)18(25)21-15(10-23)9-14-7-8-20-17(14)24/h2-6,10,14-16H,7-9,11-12H2,1H3,(H,20,24)(H,21,25)(H,22,26)/t14-,15-,16-/m0/s1. The van der Waals surface area contributed by atoms with Crippen molar-refractivity contribution in [3.63, 3.8) is 0 Å². The van der Waals surface area contributed by atoms with E-state index in [9.17, 15) is 27.6 Å². The Kier molecular flexibility index (Phi) is 8.34. The molecule has 1 aromatic rings. The first kappa shape index (κ1) is 23.3. The molecular weight excluding hydrogens is 414 g/mol. The van der Waals surface area contributed by atoms with E-state index in [0.29, 0.717) is 24.8 Å². The molecular formula is C19H25N3O7S. The third-order valence-corrected chi connectivity index (χ3v) is 5.42. The molecule has 164 valence electrons. The summed E-state index contributed by atoms with van der Waals surface area (Å²) in [6.07, 6.45) is 1.06. The fraction of sp³-hybridized carbons (Fsp3) is 0.474. The van der Waals surface area contributed by atoms with Gasteiger partial charge in [-0.05, 0) is 18.4 Å². The highest BCUT2D eigenvalue weighted by Crippen LogP contribution is 2.15. The summed E-state index contributed by atoms with van der Waals surface area (Å²) in [5.74, 6) is -2.15. The van der Waals surface area contributed by atoms with Gasteiger partial charge in [0.15, 0.2) is 0 Å². The molecule has 0 aliphatic carbocycles. The van der Waals surface area contributed by atoms with E-state index < -0.39 is 45.6 Å². The van der Waals surface area contributed by atoms with Crippen molar-refractivity contribution in [2.45, 2.75) is 31.5 Å². The van der Waals surface area contributed by atoms with Crippen molar-refractivity contribution >= 4 is 34.0 Å². The second-order valence-electron chi connectivity index (χ2n) is 7.11. The molecule has 1 aliphatic rings. The molecule has 0 saturated carbocycles. The second-order valence-corrected chi connectivity index (χ2v) is 9.30. The van der Waals surface area contributed by atoms with Crippen molar-refractivity contribution < 1.29 is 32.3 Å². The van der Waals surface area contributed by atoms with E-state index in [0.717, 1.165) is 6.26 Å². The fourth-order valence-electron chi connectivity index (χ4n) is 3.00. The predicted octanol–water partition coefficient (Wildman–Crippen LogP) is -0.464. The van der Waals surface area contributed by atoms with E-state index in [1.807, 2.05) is 0 Å². The monoisotopic (exact) mass is 439 g/mol. The molecule has 1 fully saturated rings. The number of nitrogens with one attached hydrogen (secondary N) is 3. The van der Waals surface area contributed by atoms with Crippen LogP contribution >= 0.6 is 0 Å². The number of ether oxygens (including phenoxy) is 1. The first-order chi connectivity index (χ1) is 14.2. The average molecular weight is 439 g/mol. The van der Waals surface area contributed by atoms with Crippen molar-refractivity contribution in [2.75, 3.05) is 18.6 Å². The first-order valence-electron chi connectivity index (χ1n) is 9.36. The number of amides is 3. The van der Waals surface area contributed by atoms with E-state index in [-0.39, 0.29) is 18.9 Å². The molecule has 0 bridgehead atoms. The van der Waals surface area contributed by atoms with Gasteiger partial charge in [-0.1, -0.05) is 30.3 Å². The minimum atomic E-state index is -3.64. The number of aldehydes is 1. The largest absolute Gasteiger partial charge is 0.445 e. The Hall–Kier alpha value is -2.95. The molecule has 30 heavy (non-hydrogen) atoms. The van der Waals surface area contributed by atoms with Crippen molar-refractivity contribution in [1.29, 1.82) is 0 Å². The van der Waals surface area contributed by atoms with E-state index in [4.69, 9.17) is 4.74 Å². The molecule has 1 aromatic carbocycles. The summed E-state index contributed by atoms with van der Waals surface area (Å²) < 4.78 is 28.4. The molecule has 0 spiro atoms. The van der Waals surface area contributed by atoms with Gasteiger partial charge in [0.2, 0.25) is 11.8 Å². The molecule has 1 saturated heterocycles. The average Bonchev–Trinajstić information content (AvgIpc) is 3.09. The zero-order chi connectivity index (χ0) is 22.1. The Morgan fingerprint density at radius 1 is 1.27 bits per heavy atom. The Labute approximate surface area is 174 Å². The van der Waals surface area contributed by atoms with E-state index in [1.165, 1.54) is 0 Å². The van der Waals surface area contributed by atoms with Gasteiger partial charge in [0.1, 0.15) is 28.8 Å². The lowest BCUT2D eigenvalue weighted by Gasteiger charge is -2.21. The number of carbonyl (C=O) groups excluding carboxylic acids is 4. The van der Waals surface area contributed by atoms with Gasteiger partial charge in [0.25, 0.3) is 0 Å². The van der Waals surface area contributed by atoms with Crippen LogP contribution in [0.4, 0.5) is 4.79 Å². The van der Waals surface area contributed by atoms with Crippen LogP contribution in [0, 0.1) is 5.92 Å². The molecule has 2 rings (SSSR count). The van der Waals surface area contributed by atoms with Crippen LogP contribution in [0.1, 0.15) is 18.4 Å². The van der Waals surface area contributed by atoms with Gasteiger partial charge in [-0.15, -0.1) is 0 Å². The topological polar surface area (TPSA) is 148 Å². The Bertz CT molecular complexity index is 873. The van der Waals surface area contributed by atoms with Gasteiger partial charge < -0.3 is 25.5 Å². The maximum Gasteiger partial charge on any atom is 0.408 e. The van der Waals surface area contributed by atoms with Crippen LogP contribution in [-0.2, 0) is 35.6 Å². The van der Waals surface area contributed by atoms with Crippen LogP contribution in [0.3, 0.4) is 0 Å². The summed E-state index contributed by atoms with van der Waals surface area (Å²) in [5.41, 5.74) is 0.715. The van der Waals surface area contributed by atoms with Crippen molar-refractivity contribution in [2.24, 2.45) is 5.92 Å². The van der Waals surface area contributed by atoms with Crippen molar-refractivity contribution in [1.82, 2.24) is 16.0 Å². The zero-order valence-electron chi connectivity index (χ0n) is 16.5. The Morgan fingerprint density at radius 3 is 2.53 bits per heavy atom. The molecule has 3 N–H and O–H groups in total. The summed E-state index contributed by atoms with van der Waals surface area (Å²) in [5, 5.41) is 7.26. The highest BCUT2D eigenvalue weighted by molar-refractivity contribution is 7.90. The lowest BCUT2D eigenvalue weighted by atomic mass is 9.99. The number of alkyl carbamates (subject to hydrolysis) is 1. The minimum absolute atomic E-state index is 0.0619. The van der Waals surface area contributed by atoms with Crippen molar-refractivity contribution in [3.8, 4) is 0 Å². The molecule has 3 atom stereocenters. The minimum Gasteiger partial charge on any atom is -0.445 e. The molecule has 0 aromatic heterocycles. The number of carbonyl (C=O) groups is 4. The van der Waals surface area contributed by atoms with Crippen LogP contribution in [0.5, 0.6) is 0 Å². The quantitative estimate of drug-likeness (QED) is 0.418. The fourth-order valence-corrected chi connectivity index (χ4v) is 3.84. The van der Waals surface area contributed by atoms with E-state index in [1.54, 1.807) is 30.3 Å². The van der Waals surface area contributed by atoms with Crippen LogP contribution in [-0.4, -0.2) is 63.2 Å². The van der Waals surface area contributed by atoms with Crippen LogP contribution in [0.2, 0.25) is 0 Å². The normalized spacial score (nSPS) is 18.0. The molecule has 11 heteroatoms. The first-order valence-corrected chi connectivity index (χ1v) is 11.4. The zero-order valence-corrected chi connectivity index (χ0v) is 17.3. The summed E-state index contributed by atoms with van der Waals surface area (Å²) in [4.78, 5) is 47.6. The van der Waals surface area contributed by atoms with Gasteiger partial charge in [0, 0.05) is 18.7 Å². The third-order valence-electron chi connectivity index (χ3n) is 4.48. The smallest absolute Gasteiger partial charge is 0.408 e. The van der Waals surface area contributed by atoms with Gasteiger partial charge in [-0.3, -0.25) is 9.59 Å². The highest BCUT2D eigenvalue weighted by atomic mass is 32.2. The number of hydrogen-bond acceptors (Lipinski definition) is 7. The van der Waals surface area contributed by atoms with Crippen LogP contribution in [0.25, 0.3) is 0 Å². The number of rotatable bonds is 10. The van der Waals surface area contributed by atoms with Gasteiger partial charge in [-0.25, -0.2) is 13.2 Å². The number of benzene rings is 1. The Balaban J connectivity index is 1.97. The molecule has 0 unspecified atom stereocenters. The van der Waals surface area contributed by atoms with Gasteiger partial charge >= 0.3 is 6.09 Å². The third kappa shape index (κ3) is 7.82. The summed E-state index contributed by atoms with van der Waals surface area (Å²) in [6.45, 7) is 0.433. The van der Waals surface area contributed by atoms with Gasteiger partial charge in [-0.2, -0.15) is 0 Å². The maximum absolute atomic E-state index is 12.6. The van der Waals surface area contributed by atoms with Gasteiger partial charge in [0.05, 0.1) is 11.8 Å². The molecule has 10 nitrogen and oxygen atoms in total. The lowest BCUT2D eigenvalue weighted by molar-refractivity contribution is -0.127. The Morgan fingerprint density at radius 2 is 1.97 bits per heavy atom. The van der Waals surface area contributed by atoms with Crippen LogP contribution < -0.4 is 16.0 Å². The maximum atomic E-state index is 12.6. The molecule has 3 amide bonds. The molecule has 1 heterocycles. The highest BCUT2D eigenvalue weighted by Gasteiger charge is 2.31. The summed E-state index contributed by atoms with van der Waals surface area (Å²) in [6, 6.07) is 6.36. The van der Waals surface area contributed by atoms with E-state index >= 15 is 0 Å². The number of sulfone groups is 1.